The molecule has 0 spiro atoms. The van der Waals surface area contributed by atoms with E-state index >= 15 is 0 Å². The van der Waals surface area contributed by atoms with E-state index in [1.807, 2.05) is 12.1 Å². The van der Waals surface area contributed by atoms with Crippen LogP contribution in [0.2, 0.25) is 0 Å². The number of anilines is 3. The number of aryl methyl sites for hydroxylation is 1. The van der Waals surface area contributed by atoms with Crippen LogP contribution in [-0.2, 0) is 0 Å². The molecule has 0 saturated carbocycles. The monoisotopic (exact) mass is 627 g/mol. The van der Waals surface area contributed by atoms with Crippen LogP contribution in [0.1, 0.15) is 5.56 Å². The number of furan rings is 1. The summed E-state index contributed by atoms with van der Waals surface area (Å²) in [5.41, 5.74) is 11.1. The molecule has 0 aliphatic carbocycles. The Morgan fingerprint density at radius 2 is 0.980 bits per heavy atom. The van der Waals surface area contributed by atoms with Gasteiger partial charge in [0.05, 0.1) is 0 Å². The molecular weight excluding hydrogens is 595 g/mol. The van der Waals surface area contributed by atoms with E-state index < -0.39 is 0 Å². The van der Waals surface area contributed by atoms with Crippen molar-refractivity contribution in [3.05, 3.63) is 188 Å². The Bertz CT molecular complexity index is 2610. The number of para-hydroxylation sites is 1. The maximum atomic E-state index is 6.42. The van der Waals surface area contributed by atoms with E-state index in [0.717, 1.165) is 44.9 Å². The maximum Gasteiger partial charge on any atom is 0.138 e. The summed E-state index contributed by atoms with van der Waals surface area (Å²) < 4.78 is 6.42. The summed E-state index contributed by atoms with van der Waals surface area (Å²) in [4.78, 5) is 2.34. The van der Waals surface area contributed by atoms with E-state index in [1.54, 1.807) is 0 Å². The molecular formula is C47H33NO. The van der Waals surface area contributed by atoms with Crippen LogP contribution in [0.15, 0.2) is 186 Å². The van der Waals surface area contributed by atoms with Crippen molar-refractivity contribution in [3.8, 4) is 33.6 Å². The van der Waals surface area contributed by atoms with E-state index in [4.69, 9.17) is 4.42 Å². The van der Waals surface area contributed by atoms with Crippen LogP contribution in [0.25, 0.3) is 66.1 Å². The minimum absolute atomic E-state index is 0.902. The Morgan fingerprint density at radius 1 is 0.388 bits per heavy atom. The quantitative estimate of drug-likeness (QED) is 0.171. The van der Waals surface area contributed by atoms with Crippen LogP contribution in [0, 0.1) is 6.92 Å². The first-order chi connectivity index (χ1) is 24.2. The minimum Gasteiger partial charge on any atom is -0.456 e. The molecule has 49 heavy (non-hydrogen) atoms. The summed E-state index contributed by atoms with van der Waals surface area (Å²) in [6, 6.07) is 65.0. The molecule has 0 bridgehead atoms. The highest BCUT2D eigenvalue weighted by atomic mass is 16.3. The zero-order chi connectivity index (χ0) is 32.7. The van der Waals surface area contributed by atoms with Gasteiger partial charge in [-0.3, -0.25) is 0 Å². The topological polar surface area (TPSA) is 16.4 Å². The van der Waals surface area contributed by atoms with Crippen LogP contribution in [0.3, 0.4) is 0 Å². The molecule has 0 amide bonds. The lowest BCUT2D eigenvalue weighted by Crippen LogP contribution is -2.10. The van der Waals surface area contributed by atoms with Gasteiger partial charge in [-0.1, -0.05) is 133 Å². The van der Waals surface area contributed by atoms with Crippen molar-refractivity contribution in [2.75, 3.05) is 4.90 Å². The summed E-state index contributed by atoms with van der Waals surface area (Å²) in [6.45, 7) is 2.14. The zero-order valence-corrected chi connectivity index (χ0v) is 27.2. The lowest BCUT2D eigenvalue weighted by molar-refractivity contribution is 0.629. The van der Waals surface area contributed by atoms with Gasteiger partial charge in [0.25, 0.3) is 0 Å². The van der Waals surface area contributed by atoms with Gasteiger partial charge in [0.15, 0.2) is 0 Å². The SMILES string of the molecule is Cc1c(-c2cccc(N(c3ccc(-c4cc5ccccc5c5ccccc45)cc3)c3cccc(-c4ccccc4)c3)c2)oc2ccccc12. The van der Waals surface area contributed by atoms with Crippen molar-refractivity contribution >= 4 is 49.6 Å². The molecule has 9 aromatic rings. The highest BCUT2D eigenvalue weighted by molar-refractivity contribution is 6.13. The lowest BCUT2D eigenvalue weighted by atomic mass is 9.93. The highest BCUT2D eigenvalue weighted by Crippen LogP contribution is 2.41. The third-order valence-electron chi connectivity index (χ3n) is 9.63. The van der Waals surface area contributed by atoms with Gasteiger partial charge in [-0.15, -0.1) is 0 Å². The molecule has 1 heterocycles. The van der Waals surface area contributed by atoms with Crippen molar-refractivity contribution in [2.45, 2.75) is 6.92 Å². The van der Waals surface area contributed by atoms with Crippen LogP contribution >= 0.6 is 0 Å². The Hall–Kier alpha value is -6.38. The van der Waals surface area contributed by atoms with E-state index in [1.165, 1.54) is 43.8 Å². The lowest BCUT2D eigenvalue weighted by Gasteiger charge is -2.27. The summed E-state index contributed by atoms with van der Waals surface area (Å²) in [5, 5.41) is 6.21. The van der Waals surface area contributed by atoms with Gasteiger partial charge in [0.2, 0.25) is 0 Å². The molecule has 2 heteroatoms. The summed E-state index contributed by atoms with van der Waals surface area (Å²) in [6.07, 6.45) is 0. The molecule has 0 aliphatic heterocycles. The van der Waals surface area contributed by atoms with E-state index in [9.17, 15) is 0 Å². The van der Waals surface area contributed by atoms with Gasteiger partial charge in [0.1, 0.15) is 11.3 Å². The first kappa shape index (κ1) is 28.8. The minimum atomic E-state index is 0.902. The largest absolute Gasteiger partial charge is 0.456 e. The second-order valence-corrected chi connectivity index (χ2v) is 12.6. The number of nitrogens with zero attached hydrogens (tertiary/aromatic N) is 1. The van der Waals surface area contributed by atoms with E-state index in [-0.39, 0.29) is 0 Å². The molecule has 0 saturated heterocycles. The van der Waals surface area contributed by atoms with Crippen LogP contribution in [0.5, 0.6) is 0 Å². The summed E-state index contributed by atoms with van der Waals surface area (Å²) in [5.74, 6) is 0.902. The Balaban J connectivity index is 1.19. The molecule has 0 unspecified atom stereocenters. The Kier molecular flexibility index (Phi) is 7.06. The molecule has 0 aliphatic rings. The predicted molar refractivity (Wildman–Crippen MR) is 207 cm³/mol. The molecule has 0 radical (unpaired) electrons. The molecule has 232 valence electrons. The molecule has 0 atom stereocenters. The van der Waals surface area contributed by atoms with Gasteiger partial charge in [-0.05, 0) is 99.3 Å². The molecule has 0 N–H and O–H groups in total. The van der Waals surface area contributed by atoms with Crippen molar-refractivity contribution in [2.24, 2.45) is 0 Å². The second kappa shape index (κ2) is 12.0. The van der Waals surface area contributed by atoms with E-state index in [2.05, 4.69) is 182 Å². The van der Waals surface area contributed by atoms with Crippen molar-refractivity contribution < 1.29 is 4.42 Å². The molecule has 0 fully saturated rings. The fourth-order valence-electron chi connectivity index (χ4n) is 7.22. The van der Waals surface area contributed by atoms with Crippen molar-refractivity contribution in [3.63, 3.8) is 0 Å². The fourth-order valence-corrected chi connectivity index (χ4v) is 7.22. The van der Waals surface area contributed by atoms with Crippen LogP contribution in [-0.4, -0.2) is 0 Å². The average Bonchev–Trinajstić information content (AvgIpc) is 3.51. The smallest absolute Gasteiger partial charge is 0.138 e. The van der Waals surface area contributed by atoms with Crippen molar-refractivity contribution in [1.29, 1.82) is 0 Å². The van der Waals surface area contributed by atoms with Gasteiger partial charge in [0, 0.05) is 33.6 Å². The molecule has 8 aromatic carbocycles. The summed E-state index contributed by atoms with van der Waals surface area (Å²) in [7, 11) is 0. The van der Waals surface area contributed by atoms with Gasteiger partial charge in [-0.2, -0.15) is 0 Å². The fraction of sp³-hybridized carbons (Fsp3) is 0.0213. The number of hydrogen-bond acceptors (Lipinski definition) is 2. The average molecular weight is 628 g/mol. The summed E-state index contributed by atoms with van der Waals surface area (Å²) >= 11 is 0. The van der Waals surface area contributed by atoms with Gasteiger partial charge >= 0.3 is 0 Å². The van der Waals surface area contributed by atoms with Crippen molar-refractivity contribution in [1.82, 2.24) is 0 Å². The molecule has 2 nitrogen and oxygen atoms in total. The number of rotatable bonds is 6. The van der Waals surface area contributed by atoms with E-state index in [0.29, 0.717) is 0 Å². The van der Waals surface area contributed by atoms with Gasteiger partial charge in [-0.25, -0.2) is 0 Å². The predicted octanol–water partition coefficient (Wildman–Crippen LogP) is 13.5. The van der Waals surface area contributed by atoms with Gasteiger partial charge < -0.3 is 9.32 Å². The Morgan fingerprint density at radius 3 is 1.73 bits per heavy atom. The molecule has 1 aromatic heterocycles. The van der Waals surface area contributed by atoms with Crippen LogP contribution < -0.4 is 4.90 Å². The highest BCUT2D eigenvalue weighted by Gasteiger charge is 2.18. The number of hydrogen-bond donors (Lipinski definition) is 0. The maximum absolute atomic E-state index is 6.42. The zero-order valence-electron chi connectivity index (χ0n) is 27.2. The first-order valence-electron chi connectivity index (χ1n) is 16.8. The Labute approximate surface area is 286 Å². The molecule has 9 rings (SSSR count). The third kappa shape index (κ3) is 5.15. The number of benzene rings is 8. The third-order valence-corrected chi connectivity index (χ3v) is 9.63. The second-order valence-electron chi connectivity index (χ2n) is 12.6. The van der Waals surface area contributed by atoms with Crippen LogP contribution in [0.4, 0.5) is 17.1 Å². The standard InChI is InChI=1S/C47H33NO/c1-32-41-20-9-10-24-46(41)49-47(32)37-17-12-19-40(30-37)48(39-18-11-16-35(29-39)33-13-3-2-4-14-33)38-27-25-34(26-28-38)45-31-36-15-5-6-21-42(36)43-22-7-8-23-44(43)45/h2-31H,1H3. The number of fused-ring (bicyclic) bond motifs is 4. The first-order valence-corrected chi connectivity index (χ1v) is 16.8. The normalized spacial score (nSPS) is 11.4.